The minimum Gasteiger partial charge on any atom is -0.455 e. The summed E-state index contributed by atoms with van der Waals surface area (Å²) in [5.41, 5.74) is 12.0. The predicted molar refractivity (Wildman–Crippen MR) is 193 cm³/mol. The summed E-state index contributed by atoms with van der Waals surface area (Å²) in [5.74, 6) is 1.13. The number of para-hydroxylation sites is 3. The molecule has 0 atom stereocenters. The third-order valence-corrected chi connectivity index (χ3v) is 10.5. The van der Waals surface area contributed by atoms with Crippen molar-refractivity contribution in [1.82, 2.24) is 9.55 Å². The summed E-state index contributed by atoms with van der Waals surface area (Å²) in [4.78, 5) is 4.38. The van der Waals surface area contributed by atoms with Crippen molar-refractivity contribution < 1.29 is 13.6 Å². The number of allylic oxidation sites excluding steroid dienone is 1. The highest BCUT2D eigenvalue weighted by atomic mass is 16.3. The van der Waals surface area contributed by atoms with E-state index >= 15 is 0 Å². The number of nitrogens with zero attached hydrogens (tertiary/aromatic N) is 4. The monoisotopic (exact) mass is 624 g/mol. The molecule has 5 heterocycles. The van der Waals surface area contributed by atoms with Gasteiger partial charge >= 0.3 is 5.82 Å². The number of aryl methyl sites for hydroxylation is 1. The molecule has 0 saturated heterocycles. The first-order chi connectivity index (χ1) is 23.6. The van der Waals surface area contributed by atoms with Crippen molar-refractivity contribution in [3.63, 3.8) is 0 Å². The van der Waals surface area contributed by atoms with Crippen LogP contribution in [-0.2, 0) is 12.5 Å². The van der Waals surface area contributed by atoms with Gasteiger partial charge in [0.25, 0.3) is 0 Å². The lowest BCUT2D eigenvalue weighted by Crippen LogP contribution is -2.36. The average Bonchev–Trinajstić information content (AvgIpc) is 3.65. The van der Waals surface area contributed by atoms with Crippen LogP contribution in [0.4, 0.5) is 0 Å². The zero-order chi connectivity index (χ0) is 32.4. The second-order valence-electron chi connectivity index (χ2n) is 12.8. The molecule has 0 radical (unpaired) electrons. The maximum atomic E-state index is 6.81. The second-order valence-corrected chi connectivity index (χ2v) is 12.8. The Morgan fingerprint density at radius 2 is 1.48 bits per heavy atom. The van der Waals surface area contributed by atoms with Crippen LogP contribution in [0.3, 0.4) is 0 Å². The van der Waals surface area contributed by atoms with Crippen molar-refractivity contribution >= 4 is 38.7 Å². The Labute approximate surface area is 279 Å². The van der Waals surface area contributed by atoms with Crippen molar-refractivity contribution in [2.45, 2.75) is 32.1 Å². The van der Waals surface area contributed by atoms with E-state index in [2.05, 4.69) is 161 Å². The number of benzene rings is 4. The standard InChI is InChI=1S/C43H36N4O/c1-4-43(5-2)28-38(33-22-21-31-30-14-7-11-20-39(30)48-41(31)40(33)37-19-12-13-27-45(37)3)47-36-18-10-9-17-35(36)46(29-23-25-44-26-24-29)42(47)32-15-6-8-16-34(32)43/h6-28H,4-5H2,1-3H3/q+2. The fraction of sp³-hybridized carbons (Fsp3) is 0.140. The lowest BCUT2D eigenvalue weighted by Gasteiger charge is -2.29. The molecule has 0 amide bonds. The molecule has 48 heavy (non-hydrogen) atoms. The van der Waals surface area contributed by atoms with Gasteiger partial charge in [0, 0.05) is 58.4 Å². The smallest absolute Gasteiger partial charge is 0.300 e. The van der Waals surface area contributed by atoms with Gasteiger partial charge in [0.2, 0.25) is 5.69 Å². The second kappa shape index (κ2) is 10.9. The molecule has 4 aromatic carbocycles. The molecule has 0 spiro atoms. The highest BCUT2D eigenvalue weighted by Crippen LogP contribution is 2.47. The van der Waals surface area contributed by atoms with Crippen molar-refractivity contribution in [1.29, 1.82) is 0 Å². The molecule has 0 bridgehead atoms. The van der Waals surface area contributed by atoms with Crippen LogP contribution in [0.5, 0.6) is 0 Å². The van der Waals surface area contributed by atoms with Gasteiger partial charge in [-0.1, -0.05) is 62.4 Å². The number of furan rings is 1. The number of hydrogen-bond acceptors (Lipinski definition) is 2. The van der Waals surface area contributed by atoms with Crippen molar-refractivity contribution in [3.05, 3.63) is 151 Å². The third-order valence-electron chi connectivity index (χ3n) is 10.5. The van der Waals surface area contributed by atoms with E-state index in [1.807, 2.05) is 18.5 Å². The molecule has 5 nitrogen and oxygen atoms in total. The number of aromatic nitrogens is 4. The molecule has 0 aliphatic carbocycles. The number of hydrogen-bond donors (Lipinski definition) is 0. The Morgan fingerprint density at radius 1 is 0.729 bits per heavy atom. The van der Waals surface area contributed by atoms with Crippen LogP contribution in [0.15, 0.2) is 144 Å². The van der Waals surface area contributed by atoms with E-state index < -0.39 is 0 Å². The maximum absolute atomic E-state index is 6.81. The first kappa shape index (κ1) is 28.4. The van der Waals surface area contributed by atoms with Gasteiger partial charge in [-0.15, -0.1) is 0 Å². The van der Waals surface area contributed by atoms with Crippen LogP contribution >= 0.6 is 0 Å². The third kappa shape index (κ3) is 4.00. The van der Waals surface area contributed by atoms with E-state index in [4.69, 9.17) is 4.42 Å². The topological polar surface area (TPSA) is 38.7 Å². The zero-order valence-electron chi connectivity index (χ0n) is 27.4. The Bertz CT molecular complexity index is 2550. The van der Waals surface area contributed by atoms with Gasteiger partial charge in [0.15, 0.2) is 17.2 Å². The van der Waals surface area contributed by atoms with Crippen LogP contribution in [0.1, 0.15) is 37.8 Å². The summed E-state index contributed by atoms with van der Waals surface area (Å²) in [5, 5.41) is 2.24. The molecule has 0 fully saturated rings. The van der Waals surface area contributed by atoms with Gasteiger partial charge in [-0.3, -0.25) is 4.98 Å². The van der Waals surface area contributed by atoms with Gasteiger partial charge in [-0.2, -0.15) is 9.13 Å². The van der Waals surface area contributed by atoms with E-state index in [1.54, 1.807) is 0 Å². The van der Waals surface area contributed by atoms with Gasteiger partial charge in [-0.25, -0.2) is 4.57 Å². The van der Waals surface area contributed by atoms with E-state index in [0.29, 0.717) is 0 Å². The maximum Gasteiger partial charge on any atom is 0.300 e. The van der Waals surface area contributed by atoms with Gasteiger partial charge in [0.05, 0.1) is 5.56 Å². The molecular formula is C43H36N4O+2. The minimum atomic E-state index is -0.207. The molecule has 1 aliphatic rings. The van der Waals surface area contributed by atoms with Crippen LogP contribution in [0, 0.1) is 0 Å². The summed E-state index contributed by atoms with van der Waals surface area (Å²) >= 11 is 0. The molecule has 0 saturated carbocycles. The Morgan fingerprint density at radius 3 is 2.31 bits per heavy atom. The first-order valence-electron chi connectivity index (χ1n) is 16.8. The summed E-state index contributed by atoms with van der Waals surface area (Å²) in [6, 6.07) is 41.3. The lowest BCUT2D eigenvalue weighted by molar-refractivity contribution is -0.660. The van der Waals surface area contributed by atoms with E-state index in [9.17, 15) is 0 Å². The largest absolute Gasteiger partial charge is 0.455 e. The van der Waals surface area contributed by atoms with Gasteiger partial charge < -0.3 is 4.42 Å². The summed E-state index contributed by atoms with van der Waals surface area (Å²) < 4.78 is 13.9. The summed E-state index contributed by atoms with van der Waals surface area (Å²) in [6.07, 6.45) is 10.4. The number of pyridine rings is 2. The van der Waals surface area contributed by atoms with Crippen molar-refractivity contribution in [3.8, 4) is 28.3 Å². The lowest BCUT2D eigenvalue weighted by atomic mass is 9.73. The number of imidazole rings is 1. The Balaban J connectivity index is 1.50. The Hall–Kier alpha value is -5.81. The molecule has 1 aliphatic heterocycles. The normalized spacial score (nSPS) is 13.8. The Kier molecular flexibility index (Phi) is 6.44. The van der Waals surface area contributed by atoms with Crippen LogP contribution in [0.25, 0.3) is 67.0 Å². The number of fused-ring (bicyclic) bond motifs is 8. The zero-order valence-corrected chi connectivity index (χ0v) is 27.4. The molecule has 4 aromatic heterocycles. The molecule has 0 unspecified atom stereocenters. The van der Waals surface area contributed by atoms with E-state index in [-0.39, 0.29) is 5.41 Å². The summed E-state index contributed by atoms with van der Waals surface area (Å²) in [7, 11) is 2.12. The fourth-order valence-electron chi connectivity index (χ4n) is 8.00. The average molecular weight is 625 g/mol. The van der Waals surface area contributed by atoms with Crippen molar-refractivity contribution in [2.75, 3.05) is 0 Å². The number of rotatable bonds is 5. The molecule has 232 valence electrons. The fourth-order valence-corrected chi connectivity index (χ4v) is 8.00. The predicted octanol–water partition coefficient (Wildman–Crippen LogP) is 9.33. The highest BCUT2D eigenvalue weighted by molar-refractivity contribution is 6.11. The SMILES string of the molecule is CCC1(CC)C=C(c2ccc3c(oc4ccccc43)c2-c2cccc[n+]2C)[n+]2c(n(-c3ccncc3)c3ccccc32)-c2ccccc21. The van der Waals surface area contributed by atoms with Crippen LogP contribution in [0.2, 0.25) is 0 Å². The molecule has 9 rings (SSSR count). The van der Waals surface area contributed by atoms with Gasteiger partial charge in [0.1, 0.15) is 35.2 Å². The van der Waals surface area contributed by atoms with Crippen LogP contribution in [-0.4, -0.2) is 9.55 Å². The molecule has 8 aromatic rings. The minimum absolute atomic E-state index is 0.207. The summed E-state index contributed by atoms with van der Waals surface area (Å²) in [6.45, 7) is 4.65. The molecule has 5 heteroatoms. The van der Waals surface area contributed by atoms with E-state index in [1.165, 1.54) is 11.1 Å². The van der Waals surface area contributed by atoms with E-state index in [0.717, 1.165) is 79.8 Å². The molecule has 0 N–H and O–H groups in total. The quantitative estimate of drug-likeness (QED) is 0.179. The van der Waals surface area contributed by atoms with Crippen molar-refractivity contribution in [2.24, 2.45) is 7.05 Å². The van der Waals surface area contributed by atoms with Gasteiger partial charge in [-0.05, 0) is 66.9 Å². The van der Waals surface area contributed by atoms with Crippen LogP contribution < -0.4 is 9.13 Å². The first-order valence-corrected chi connectivity index (χ1v) is 16.8. The molecular weight excluding hydrogens is 589 g/mol. The highest BCUT2D eigenvalue weighted by Gasteiger charge is 2.42.